The molecule has 0 aliphatic rings. The van der Waals surface area contributed by atoms with Gasteiger partial charge in [0.15, 0.2) is 0 Å². The van der Waals surface area contributed by atoms with Gasteiger partial charge in [-0.15, -0.1) is 11.8 Å². The highest BCUT2D eigenvalue weighted by molar-refractivity contribution is 7.98. The average Bonchev–Trinajstić information content (AvgIpc) is 2.37. The number of hydrogen-bond donors (Lipinski definition) is 1. The highest BCUT2D eigenvalue weighted by Crippen LogP contribution is 2.23. The lowest BCUT2D eigenvalue weighted by atomic mass is 10.2. The Bertz CT molecular complexity index is 480. The Balaban J connectivity index is 1.97. The van der Waals surface area contributed by atoms with Crippen LogP contribution < -0.4 is 5.32 Å². The number of rotatable bonds is 4. The maximum Gasteiger partial charge on any atom is 0.125 e. The summed E-state index contributed by atoms with van der Waals surface area (Å²) in [6.45, 7) is 2.12. The Kier molecular flexibility index (Phi) is 4.04. The van der Waals surface area contributed by atoms with Gasteiger partial charge < -0.3 is 5.32 Å². The summed E-state index contributed by atoms with van der Waals surface area (Å²) in [5.41, 5.74) is 2.55. The molecule has 0 radical (unpaired) electrons. The molecule has 0 saturated heterocycles. The lowest BCUT2D eigenvalue weighted by molar-refractivity contribution is 1.23. The van der Waals surface area contributed by atoms with Crippen molar-refractivity contribution >= 4 is 17.6 Å². The van der Waals surface area contributed by atoms with E-state index in [-0.39, 0.29) is 0 Å². The number of anilines is 1. The van der Waals surface area contributed by atoms with E-state index in [9.17, 15) is 0 Å². The third kappa shape index (κ3) is 3.49. The molecule has 0 unspecified atom stereocenters. The second-order valence-corrected chi connectivity index (χ2v) is 4.96. The summed E-state index contributed by atoms with van der Waals surface area (Å²) in [7, 11) is 1.88. The minimum absolute atomic E-state index is 0.911. The molecule has 0 atom stereocenters. The molecule has 2 nitrogen and oxygen atoms in total. The Morgan fingerprint density at radius 1 is 1.24 bits per heavy atom. The van der Waals surface area contributed by atoms with Gasteiger partial charge in [-0.1, -0.05) is 23.8 Å². The van der Waals surface area contributed by atoms with Crippen molar-refractivity contribution < 1.29 is 0 Å². The van der Waals surface area contributed by atoms with E-state index in [0.29, 0.717) is 0 Å². The predicted molar refractivity (Wildman–Crippen MR) is 74.5 cm³/mol. The fourth-order valence-corrected chi connectivity index (χ4v) is 2.48. The molecule has 2 aromatic rings. The van der Waals surface area contributed by atoms with Crippen LogP contribution in [0.2, 0.25) is 0 Å². The fraction of sp³-hybridized carbons (Fsp3) is 0.214. The monoisotopic (exact) mass is 244 g/mol. The van der Waals surface area contributed by atoms with Crippen molar-refractivity contribution in [1.29, 1.82) is 0 Å². The SMILES string of the molecule is CNc1ccc(CSc2cccc(C)c2)cn1. The van der Waals surface area contributed by atoms with Crippen LogP contribution in [0, 0.1) is 6.92 Å². The van der Waals surface area contributed by atoms with Gasteiger partial charge in [-0.2, -0.15) is 0 Å². The van der Waals surface area contributed by atoms with Crippen LogP contribution in [0.5, 0.6) is 0 Å². The van der Waals surface area contributed by atoms with Crippen LogP contribution in [0.15, 0.2) is 47.5 Å². The number of hydrogen-bond acceptors (Lipinski definition) is 3. The van der Waals surface area contributed by atoms with Crippen molar-refractivity contribution in [2.75, 3.05) is 12.4 Å². The van der Waals surface area contributed by atoms with E-state index in [4.69, 9.17) is 0 Å². The second kappa shape index (κ2) is 5.73. The van der Waals surface area contributed by atoms with Crippen molar-refractivity contribution in [2.24, 2.45) is 0 Å². The molecule has 3 heteroatoms. The van der Waals surface area contributed by atoms with Crippen LogP contribution in [0.3, 0.4) is 0 Å². The fourth-order valence-electron chi connectivity index (χ4n) is 1.53. The highest BCUT2D eigenvalue weighted by Gasteiger charge is 1.97. The van der Waals surface area contributed by atoms with Crippen molar-refractivity contribution in [2.45, 2.75) is 17.6 Å². The van der Waals surface area contributed by atoms with Crippen LogP contribution in [-0.4, -0.2) is 12.0 Å². The molecule has 0 fully saturated rings. The lowest BCUT2D eigenvalue weighted by Gasteiger charge is -2.04. The molecule has 1 heterocycles. The minimum atomic E-state index is 0.911. The molecule has 2 rings (SSSR count). The van der Waals surface area contributed by atoms with Gasteiger partial charge in [0.25, 0.3) is 0 Å². The van der Waals surface area contributed by atoms with E-state index in [1.807, 2.05) is 31.1 Å². The van der Waals surface area contributed by atoms with E-state index in [0.717, 1.165) is 11.6 Å². The lowest BCUT2D eigenvalue weighted by Crippen LogP contribution is -1.92. The van der Waals surface area contributed by atoms with Crippen LogP contribution in [-0.2, 0) is 5.75 Å². The summed E-state index contributed by atoms with van der Waals surface area (Å²) in [4.78, 5) is 5.61. The van der Waals surface area contributed by atoms with Gasteiger partial charge in [0, 0.05) is 23.9 Å². The Morgan fingerprint density at radius 3 is 2.76 bits per heavy atom. The first-order valence-electron chi connectivity index (χ1n) is 5.60. The molecule has 17 heavy (non-hydrogen) atoms. The zero-order chi connectivity index (χ0) is 12.1. The van der Waals surface area contributed by atoms with Crippen LogP contribution >= 0.6 is 11.8 Å². The first kappa shape index (κ1) is 12.0. The predicted octanol–water partition coefficient (Wildman–Crippen LogP) is 3.72. The number of aromatic nitrogens is 1. The van der Waals surface area contributed by atoms with Gasteiger partial charge in [-0.25, -0.2) is 4.98 Å². The van der Waals surface area contributed by atoms with Gasteiger partial charge in [-0.05, 0) is 30.7 Å². The Labute approximate surface area is 106 Å². The van der Waals surface area contributed by atoms with Crippen molar-refractivity contribution in [3.05, 3.63) is 53.7 Å². The molecular weight excluding hydrogens is 228 g/mol. The number of nitrogens with zero attached hydrogens (tertiary/aromatic N) is 1. The summed E-state index contributed by atoms with van der Waals surface area (Å²) >= 11 is 1.84. The highest BCUT2D eigenvalue weighted by atomic mass is 32.2. The summed E-state index contributed by atoms with van der Waals surface area (Å²) in [6.07, 6.45) is 1.93. The van der Waals surface area contributed by atoms with Crippen LogP contribution in [0.4, 0.5) is 5.82 Å². The molecule has 0 aliphatic heterocycles. The molecule has 1 aromatic heterocycles. The molecular formula is C14H16N2S. The van der Waals surface area contributed by atoms with Gasteiger partial charge in [0.1, 0.15) is 5.82 Å². The van der Waals surface area contributed by atoms with Gasteiger partial charge >= 0.3 is 0 Å². The number of nitrogens with one attached hydrogen (secondary N) is 1. The zero-order valence-corrected chi connectivity index (χ0v) is 10.9. The van der Waals surface area contributed by atoms with Gasteiger partial charge in [0.2, 0.25) is 0 Å². The summed E-state index contributed by atoms with van der Waals surface area (Å²) in [5.74, 6) is 1.87. The Hall–Kier alpha value is -1.48. The zero-order valence-electron chi connectivity index (χ0n) is 10.1. The number of aryl methyl sites for hydroxylation is 1. The van der Waals surface area contributed by atoms with Crippen molar-refractivity contribution in [3.63, 3.8) is 0 Å². The summed E-state index contributed by atoms with van der Waals surface area (Å²) in [6, 6.07) is 12.7. The van der Waals surface area contributed by atoms with Gasteiger partial charge in [0.05, 0.1) is 0 Å². The smallest absolute Gasteiger partial charge is 0.125 e. The number of benzene rings is 1. The van der Waals surface area contributed by atoms with Crippen LogP contribution in [0.1, 0.15) is 11.1 Å². The molecule has 1 aromatic carbocycles. The minimum Gasteiger partial charge on any atom is -0.373 e. The quantitative estimate of drug-likeness (QED) is 0.830. The second-order valence-electron chi connectivity index (χ2n) is 3.91. The molecule has 0 saturated carbocycles. The third-order valence-electron chi connectivity index (χ3n) is 2.48. The van der Waals surface area contributed by atoms with Gasteiger partial charge in [-0.3, -0.25) is 0 Å². The summed E-state index contributed by atoms with van der Waals surface area (Å²) < 4.78 is 0. The first-order valence-corrected chi connectivity index (χ1v) is 6.58. The molecule has 88 valence electrons. The maximum absolute atomic E-state index is 4.30. The van der Waals surface area contributed by atoms with E-state index >= 15 is 0 Å². The normalized spacial score (nSPS) is 10.2. The first-order chi connectivity index (χ1) is 8.28. The molecule has 0 bridgehead atoms. The van der Waals surface area contributed by atoms with E-state index in [1.54, 1.807) is 0 Å². The molecule has 0 amide bonds. The molecule has 0 spiro atoms. The standard InChI is InChI=1S/C14H16N2S/c1-11-4-3-5-13(8-11)17-10-12-6-7-14(15-2)16-9-12/h3-9H,10H2,1-2H3,(H,15,16). The van der Waals surface area contributed by atoms with E-state index in [2.05, 4.69) is 47.6 Å². The third-order valence-corrected chi connectivity index (χ3v) is 3.54. The number of pyridine rings is 1. The largest absolute Gasteiger partial charge is 0.373 e. The van der Waals surface area contributed by atoms with Crippen molar-refractivity contribution in [3.8, 4) is 0 Å². The number of thioether (sulfide) groups is 1. The molecule has 1 N–H and O–H groups in total. The van der Waals surface area contributed by atoms with Crippen molar-refractivity contribution in [1.82, 2.24) is 4.98 Å². The molecule has 0 aliphatic carbocycles. The van der Waals surface area contributed by atoms with E-state index < -0.39 is 0 Å². The van der Waals surface area contributed by atoms with Crippen LogP contribution in [0.25, 0.3) is 0 Å². The maximum atomic E-state index is 4.30. The average molecular weight is 244 g/mol. The topological polar surface area (TPSA) is 24.9 Å². The summed E-state index contributed by atoms with van der Waals surface area (Å²) in [5, 5.41) is 3.02. The van der Waals surface area contributed by atoms with E-state index in [1.165, 1.54) is 16.0 Å². The Morgan fingerprint density at radius 2 is 2.12 bits per heavy atom.